The van der Waals surface area contributed by atoms with Crippen LogP contribution >= 0.6 is 0 Å². The van der Waals surface area contributed by atoms with Crippen molar-refractivity contribution >= 4 is 0 Å². The molecule has 0 spiro atoms. The molecule has 1 atom stereocenters. The van der Waals surface area contributed by atoms with Crippen molar-refractivity contribution in [2.45, 2.75) is 40.5 Å². The fourth-order valence-corrected chi connectivity index (χ4v) is 1.71. The van der Waals surface area contributed by atoms with E-state index in [1.807, 2.05) is 0 Å². The van der Waals surface area contributed by atoms with Crippen molar-refractivity contribution in [1.29, 1.82) is 0 Å². The molecule has 0 radical (unpaired) electrons. The molecule has 1 aromatic carbocycles. The highest BCUT2D eigenvalue weighted by molar-refractivity contribution is 5.18. The zero-order valence-electron chi connectivity index (χ0n) is 12.0. The van der Waals surface area contributed by atoms with Crippen molar-refractivity contribution in [1.82, 2.24) is 5.32 Å². The number of hydrogen-bond acceptors (Lipinski definition) is 1. The van der Waals surface area contributed by atoms with Gasteiger partial charge in [-0.05, 0) is 22.8 Å². The van der Waals surface area contributed by atoms with E-state index in [0.29, 0.717) is 17.3 Å². The third kappa shape index (κ3) is 4.51. The van der Waals surface area contributed by atoms with Crippen LogP contribution in [0.4, 0.5) is 0 Å². The molecule has 1 N–H and O–H groups in total. The van der Waals surface area contributed by atoms with Crippen molar-refractivity contribution in [2.24, 2.45) is 11.3 Å². The minimum absolute atomic E-state index is 0.371. The molecular formula is C16H27N. The molecule has 1 rings (SSSR count). The monoisotopic (exact) mass is 233 g/mol. The largest absolute Gasteiger partial charge is 0.316 e. The van der Waals surface area contributed by atoms with Crippen LogP contribution in [0.1, 0.15) is 46.1 Å². The van der Waals surface area contributed by atoms with Crippen molar-refractivity contribution in [2.75, 3.05) is 13.1 Å². The second kappa shape index (κ2) is 6.20. The number of benzene rings is 1. The molecule has 0 aliphatic rings. The Morgan fingerprint density at radius 2 is 1.65 bits per heavy atom. The lowest BCUT2D eigenvalue weighted by Crippen LogP contribution is -2.35. The van der Waals surface area contributed by atoms with Crippen LogP contribution in [-0.2, 0) is 0 Å². The first kappa shape index (κ1) is 14.2. The highest BCUT2D eigenvalue weighted by Gasteiger charge is 2.21. The lowest BCUT2D eigenvalue weighted by Gasteiger charge is -2.30. The number of rotatable bonds is 6. The summed E-state index contributed by atoms with van der Waals surface area (Å²) in [6.45, 7) is 13.7. The van der Waals surface area contributed by atoms with Crippen LogP contribution in [0.5, 0.6) is 0 Å². The molecule has 0 bridgehead atoms. The fraction of sp³-hybridized carbons (Fsp3) is 0.625. The summed E-state index contributed by atoms with van der Waals surface area (Å²) in [6, 6.07) is 10.7. The molecule has 1 heteroatoms. The first-order valence-electron chi connectivity index (χ1n) is 6.69. The first-order chi connectivity index (χ1) is 7.93. The smallest absolute Gasteiger partial charge is 0.00177 e. The van der Waals surface area contributed by atoms with Crippen LogP contribution in [0.15, 0.2) is 30.3 Å². The average molecular weight is 233 g/mol. The third-order valence-corrected chi connectivity index (χ3v) is 3.96. The molecule has 0 fully saturated rings. The second-order valence-corrected chi connectivity index (χ2v) is 6.09. The summed E-state index contributed by atoms with van der Waals surface area (Å²) >= 11 is 0. The van der Waals surface area contributed by atoms with Gasteiger partial charge in [-0.3, -0.25) is 0 Å². The van der Waals surface area contributed by atoms with Gasteiger partial charge in [0.2, 0.25) is 0 Å². The van der Waals surface area contributed by atoms with Gasteiger partial charge in [-0.2, -0.15) is 0 Å². The Kier molecular flexibility index (Phi) is 5.20. The summed E-state index contributed by atoms with van der Waals surface area (Å²) in [6.07, 6.45) is 0. The molecule has 96 valence electrons. The SMILES string of the molecule is CC(CNCC(C)(C)C(C)C)c1ccccc1. The number of hydrogen-bond donors (Lipinski definition) is 1. The standard InChI is InChI=1S/C16H27N/c1-13(2)16(4,5)12-17-11-14(3)15-9-7-6-8-10-15/h6-10,13-14,17H,11-12H2,1-5H3. The topological polar surface area (TPSA) is 12.0 Å². The van der Waals surface area contributed by atoms with Crippen molar-refractivity contribution < 1.29 is 0 Å². The Labute approximate surface area is 107 Å². The summed E-state index contributed by atoms with van der Waals surface area (Å²) in [5.41, 5.74) is 1.79. The Balaban J connectivity index is 2.37. The van der Waals surface area contributed by atoms with E-state index in [2.05, 4.69) is 70.3 Å². The maximum Gasteiger partial charge on any atom is 0.00177 e. The maximum absolute atomic E-state index is 3.61. The van der Waals surface area contributed by atoms with Crippen LogP contribution in [0.3, 0.4) is 0 Å². The van der Waals surface area contributed by atoms with Crippen LogP contribution in [0.25, 0.3) is 0 Å². The van der Waals surface area contributed by atoms with Crippen LogP contribution in [0.2, 0.25) is 0 Å². The third-order valence-electron chi connectivity index (χ3n) is 3.96. The normalized spacial score (nSPS) is 14.0. The van der Waals surface area contributed by atoms with E-state index in [1.165, 1.54) is 5.56 Å². The minimum atomic E-state index is 0.371. The van der Waals surface area contributed by atoms with Gasteiger partial charge < -0.3 is 5.32 Å². The zero-order valence-corrected chi connectivity index (χ0v) is 12.0. The van der Waals surface area contributed by atoms with E-state index in [4.69, 9.17) is 0 Å². The van der Waals surface area contributed by atoms with E-state index in [1.54, 1.807) is 0 Å². The second-order valence-electron chi connectivity index (χ2n) is 6.09. The van der Waals surface area contributed by atoms with Crippen molar-refractivity contribution in [3.63, 3.8) is 0 Å². The van der Waals surface area contributed by atoms with Gasteiger partial charge in [0, 0.05) is 13.1 Å². The van der Waals surface area contributed by atoms with Gasteiger partial charge in [-0.25, -0.2) is 0 Å². The molecule has 1 nitrogen and oxygen atoms in total. The first-order valence-corrected chi connectivity index (χ1v) is 6.69. The quantitative estimate of drug-likeness (QED) is 0.781. The molecule has 0 amide bonds. The Morgan fingerprint density at radius 1 is 1.06 bits per heavy atom. The maximum atomic E-state index is 3.61. The molecule has 0 aliphatic heterocycles. The van der Waals surface area contributed by atoms with E-state index in [-0.39, 0.29) is 0 Å². The molecule has 0 saturated carbocycles. The van der Waals surface area contributed by atoms with Crippen LogP contribution in [0, 0.1) is 11.3 Å². The van der Waals surface area contributed by atoms with Gasteiger partial charge in [0.15, 0.2) is 0 Å². The minimum Gasteiger partial charge on any atom is -0.316 e. The highest BCUT2D eigenvalue weighted by atomic mass is 14.9. The summed E-state index contributed by atoms with van der Waals surface area (Å²) in [4.78, 5) is 0. The lowest BCUT2D eigenvalue weighted by atomic mass is 9.81. The van der Waals surface area contributed by atoms with E-state index >= 15 is 0 Å². The molecule has 0 aliphatic carbocycles. The highest BCUT2D eigenvalue weighted by Crippen LogP contribution is 2.25. The molecular weight excluding hydrogens is 206 g/mol. The summed E-state index contributed by atoms with van der Waals surface area (Å²) < 4.78 is 0. The summed E-state index contributed by atoms with van der Waals surface area (Å²) in [5, 5.41) is 3.61. The molecule has 0 aromatic heterocycles. The predicted molar refractivity (Wildman–Crippen MR) is 76.3 cm³/mol. The number of nitrogens with one attached hydrogen (secondary N) is 1. The van der Waals surface area contributed by atoms with Gasteiger partial charge in [0.25, 0.3) is 0 Å². The zero-order chi connectivity index (χ0) is 12.9. The predicted octanol–water partition coefficient (Wildman–Crippen LogP) is 4.06. The fourth-order valence-electron chi connectivity index (χ4n) is 1.71. The molecule has 0 saturated heterocycles. The summed E-state index contributed by atoms with van der Waals surface area (Å²) in [7, 11) is 0. The summed E-state index contributed by atoms with van der Waals surface area (Å²) in [5.74, 6) is 1.29. The van der Waals surface area contributed by atoms with Crippen LogP contribution in [-0.4, -0.2) is 13.1 Å². The van der Waals surface area contributed by atoms with Gasteiger partial charge in [0.05, 0.1) is 0 Å². The van der Waals surface area contributed by atoms with Crippen molar-refractivity contribution in [3.05, 3.63) is 35.9 Å². The average Bonchev–Trinajstić information content (AvgIpc) is 2.29. The van der Waals surface area contributed by atoms with Crippen LogP contribution < -0.4 is 5.32 Å². The lowest BCUT2D eigenvalue weighted by molar-refractivity contribution is 0.237. The molecule has 0 heterocycles. The molecule has 1 aromatic rings. The van der Waals surface area contributed by atoms with E-state index in [0.717, 1.165) is 13.1 Å². The van der Waals surface area contributed by atoms with Gasteiger partial charge >= 0.3 is 0 Å². The molecule has 1 unspecified atom stereocenters. The van der Waals surface area contributed by atoms with Gasteiger partial charge in [-0.15, -0.1) is 0 Å². The van der Waals surface area contributed by atoms with Crippen molar-refractivity contribution in [3.8, 4) is 0 Å². The van der Waals surface area contributed by atoms with Gasteiger partial charge in [0.1, 0.15) is 0 Å². The van der Waals surface area contributed by atoms with Gasteiger partial charge in [-0.1, -0.05) is 65.0 Å². The van der Waals surface area contributed by atoms with E-state index < -0.39 is 0 Å². The Hall–Kier alpha value is -0.820. The molecule has 17 heavy (non-hydrogen) atoms. The van der Waals surface area contributed by atoms with E-state index in [9.17, 15) is 0 Å². The Morgan fingerprint density at radius 3 is 2.18 bits per heavy atom. The Bertz CT molecular complexity index is 314.